The van der Waals surface area contributed by atoms with E-state index in [0.717, 1.165) is 26.2 Å². The Labute approximate surface area is 148 Å². The van der Waals surface area contributed by atoms with Crippen LogP contribution in [0.2, 0.25) is 9.36 Å². The molecule has 120 valence electrons. The Hall–Kier alpha value is -1.53. The summed E-state index contributed by atoms with van der Waals surface area (Å²) in [6.07, 6.45) is 1.76. The molecule has 0 aliphatic rings. The topological polar surface area (TPSA) is 55.9 Å². The molecule has 23 heavy (non-hydrogen) atoms. The first-order valence-electron chi connectivity index (χ1n) is 7.08. The van der Waals surface area contributed by atoms with Crippen molar-refractivity contribution in [3.05, 3.63) is 57.5 Å². The predicted molar refractivity (Wildman–Crippen MR) is 98.4 cm³/mol. The lowest BCUT2D eigenvalue weighted by molar-refractivity contribution is 0.776. The Morgan fingerprint density at radius 1 is 1.30 bits per heavy atom. The molecule has 4 nitrogen and oxygen atoms in total. The highest BCUT2D eigenvalue weighted by Gasteiger charge is 2.16. The van der Waals surface area contributed by atoms with Crippen LogP contribution >= 0.6 is 34.5 Å². The second kappa shape index (κ2) is 6.93. The monoisotopic (exact) mass is 366 g/mol. The first-order valence-corrected chi connectivity index (χ1v) is 8.65. The van der Waals surface area contributed by atoms with E-state index in [9.17, 15) is 0 Å². The SMILES string of the molecule is Cn1nccc1-c1cc(NC(CN)c2cccc(Cl)c2)sc1Cl. The minimum atomic E-state index is -0.0252. The average Bonchev–Trinajstić information content (AvgIpc) is 3.10. The van der Waals surface area contributed by atoms with Gasteiger partial charge < -0.3 is 11.1 Å². The molecule has 2 aromatic heterocycles. The van der Waals surface area contributed by atoms with E-state index in [1.54, 1.807) is 10.9 Å². The molecule has 7 heteroatoms. The van der Waals surface area contributed by atoms with E-state index < -0.39 is 0 Å². The van der Waals surface area contributed by atoms with Crippen LogP contribution in [0.1, 0.15) is 11.6 Å². The quantitative estimate of drug-likeness (QED) is 0.695. The maximum absolute atomic E-state index is 6.39. The molecular formula is C16H16Cl2N4S. The third kappa shape index (κ3) is 3.53. The van der Waals surface area contributed by atoms with Gasteiger partial charge in [-0.3, -0.25) is 4.68 Å². The molecule has 1 unspecified atom stereocenters. The van der Waals surface area contributed by atoms with Crippen LogP contribution in [0.5, 0.6) is 0 Å². The summed E-state index contributed by atoms with van der Waals surface area (Å²) in [4.78, 5) is 0. The number of hydrogen-bond acceptors (Lipinski definition) is 4. The summed E-state index contributed by atoms with van der Waals surface area (Å²) in [6, 6.07) is 11.6. The summed E-state index contributed by atoms with van der Waals surface area (Å²) in [5.74, 6) is 0. The van der Waals surface area contributed by atoms with E-state index in [-0.39, 0.29) is 6.04 Å². The highest BCUT2D eigenvalue weighted by Crippen LogP contribution is 2.39. The normalized spacial score (nSPS) is 12.3. The van der Waals surface area contributed by atoms with Crippen LogP contribution in [-0.2, 0) is 7.05 Å². The smallest absolute Gasteiger partial charge is 0.104 e. The van der Waals surface area contributed by atoms with E-state index in [2.05, 4.69) is 10.4 Å². The van der Waals surface area contributed by atoms with Crippen molar-refractivity contribution in [1.29, 1.82) is 0 Å². The fourth-order valence-corrected chi connectivity index (χ4v) is 3.87. The van der Waals surface area contributed by atoms with Crippen molar-refractivity contribution < 1.29 is 0 Å². The van der Waals surface area contributed by atoms with Gasteiger partial charge in [-0.05, 0) is 29.8 Å². The fraction of sp³-hybridized carbons (Fsp3) is 0.188. The Morgan fingerprint density at radius 3 is 2.78 bits per heavy atom. The first-order chi connectivity index (χ1) is 11.1. The number of nitrogens with zero attached hydrogens (tertiary/aromatic N) is 2. The molecule has 0 amide bonds. The van der Waals surface area contributed by atoms with Gasteiger partial charge in [0.05, 0.1) is 16.7 Å². The molecular weight excluding hydrogens is 351 g/mol. The molecule has 0 saturated carbocycles. The van der Waals surface area contributed by atoms with Gasteiger partial charge in [0.1, 0.15) is 4.34 Å². The maximum Gasteiger partial charge on any atom is 0.104 e. The van der Waals surface area contributed by atoms with Crippen LogP contribution in [0.3, 0.4) is 0 Å². The molecule has 0 aliphatic heterocycles. The zero-order valence-corrected chi connectivity index (χ0v) is 14.8. The molecule has 0 radical (unpaired) electrons. The number of nitrogens with two attached hydrogens (primary N) is 1. The van der Waals surface area contributed by atoms with Crippen LogP contribution in [0.4, 0.5) is 5.00 Å². The lowest BCUT2D eigenvalue weighted by Crippen LogP contribution is -2.20. The lowest BCUT2D eigenvalue weighted by Gasteiger charge is -2.17. The van der Waals surface area contributed by atoms with E-state index in [4.69, 9.17) is 28.9 Å². The van der Waals surface area contributed by atoms with E-state index in [1.165, 1.54) is 11.3 Å². The molecule has 3 aromatic rings. The van der Waals surface area contributed by atoms with E-state index >= 15 is 0 Å². The van der Waals surface area contributed by atoms with Crippen molar-refractivity contribution in [3.8, 4) is 11.3 Å². The Bertz CT molecular complexity index is 812. The number of nitrogens with one attached hydrogen (secondary N) is 1. The van der Waals surface area contributed by atoms with Crippen molar-refractivity contribution in [3.63, 3.8) is 0 Å². The minimum Gasteiger partial charge on any atom is -0.369 e. The third-order valence-electron chi connectivity index (χ3n) is 3.59. The van der Waals surface area contributed by atoms with Gasteiger partial charge in [-0.2, -0.15) is 5.10 Å². The first kappa shape index (κ1) is 16.3. The van der Waals surface area contributed by atoms with Crippen molar-refractivity contribution in [2.45, 2.75) is 6.04 Å². The molecule has 0 bridgehead atoms. The van der Waals surface area contributed by atoms with Gasteiger partial charge in [0, 0.05) is 30.4 Å². The summed E-state index contributed by atoms with van der Waals surface area (Å²) >= 11 is 13.9. The van der Waals surface area contributed by atoms with Crippen LogP contribution in [0.15, 0.2) is 42.6 Å². The fourth-order valence-electron chi connectivity index (χ4n) is 2.43. The van der Waals surface area contributed by atoms with Crippen molar-refractivity contribution in [1.82, 2.24) is 9.78 Å². The number of anilines is 1. The highest BCUT2D eigenvalue weighted by atomic mass is 35.5. The number of aryl methyl sites for hydroxylation is 1. The van der Waals surface area contributed by atoms with Crippen LogP contribution < -0.4 is 11.1 Å². The van der Waals surface area contributed by atoms with Gasteiger partial charge in [0.15, 0.2) is 0 Å². The second-order valence-corrected chi connectivity index (χ2v) is 7.22. The highest BCUT2D eigenvalue weighted by molar-refractivity contribution is 7.20. The number of thiophene rings is 1. The van der Waals surface area contributed by atoms with Crippen molar-refractivity contribution in [2.24, 2.45) is 12.8 Å². The van der Waals surface area contributed by atoms with Gasteiger partial charge in [-0.15, -0.1) is 11.3 Å². The average molecular weight is 367 g/mol. The summed E-state index contributed by atoms with van der Waals surface area (Å²) < 4.78 is 2.52. The zero-order chi connectivity index (χ0) is 16.4. The molecule has 3 rings (SSSR count). The Morgan fingerprint density at radius 2 is 2.13 bits per heavy atom. The Balaban J connectivity index is 1.86. The molecule has 3 N–H and O–H groups in total. The summed E-state index contributed by atoms with van der Waals surface area (Å²) in [5.41, 5.74) is 8.90. The minimum absolute atomic E-state index is 0.0252. The standard InChI is InChI=1S/C16H16Cl2N4S/c1-22-14(5-6-20-22)12-8-15(23-16(12)18)21-13(9-19)10-3-2-4-11(17)7-10/h2-8,13,21H,9,19H2,1H3. The molecule has 1 aromatic carbocycles. The maximum atomic E-state index is 6.39. The predicted octanol–water partition coefficient (Wildman–Crippen LogP) is 4.57. The lowest BCUT2D eigenvalue weighted by atomic mass is 10.1. The summed E-state index contributed by atoms with van der Waals surface area (Å²) in [5, 5.41) is 9.28. The number of rotatable bonds is 5. The van der Waals surface area contributed by atoms with Crippen LogP contribution in [0, 0.1) is 0 Å². The van der Waals surface area contributed by atoms with E-state index in [0.29, 0.717) is 11.6 Å². The van der Waals surface area contributed by atoms with Gasteiger partial charge >= 0.3 is 0 Å². The summed E-state index contributed by atoms with van der Waals surface area (Å²) in [7, 11) is 1.89. The molecule has 1 atom stereocenters. The number of halogens is 2. The molecule has 0 fully saturated rings. The van der Waals surface area contributed by atoms with Crippen LogP contribution in [-0.4, -0.2) is 16.3 Å². The number of hydrogen-bond donors (Lipinski definition) is 2. The van der Waals surface area contributed by atoms with E-state index in [1.807, 2.05) is 43.4 Å². The van der Waals surface area contributed by atoms with Crippen molar-refractivity contribution >= 4 is 39.5 Å². The van der Waals surface area contributed by atoms with Gasteiger partial charge in [0.25, 0.3) is 0 Å². The number of aromatic nitrogens is 2. The summed E-state index contributed by atoms with van der Waals surface area (Å²) in [6.45, 7) is 0.455. The molecule has 0 spiro atoms. The zero-order valence-electron chi connectivity index (χ0n) is 12.5. The largest absolute Gasteiger partial charge is 0.369 e. The third-order valence-corrected chi connectivity index (χ3v) is 5.11. The molecule has 2 heterocycles. The van der Waals surface area contributed by atoms with Gasteiger partial charge in [0.2, 0.25) is 0 Å². The van der Waals surface area contributed by atoms with Gasteiger partial charge in [-0.25, -0.2) is 0 Å². The molecule has 0 aliphatic carbocycles. The van der Waals surface area contributed by atoms with Crippen LogP contribution in [0.25, 0.3) is 11.3 Å². The van der Waals surface area contributed by atoms with Crippen molar-refractivity contribution in [2.75, 3.05) is 11.9 Å². The number of benzene rings is 1. The Kier molecular flexibility index (Phi) is 4.92. The second-order valence-electron chi connectivity index (χ2n) is 5.13. The van der Waals surface area contributed by atoms with Gasteiger partial charge in [-0.1, -0.05) is 35.3 Å². The molecule has 0 saturated heterocycles.